The Morgan fingerprint density at radius 3 is 2.48 bits per heavy atom. The quantitative estimate of drug-likeness (QED) is 0.829. The molecule has 2 rings (SSSR count). The molecule has 23 heavy (non-hydrogen) atoms. The topological polar surface area (TPSA) is 62.1 Å². The van der Waals surface area contributed by atoms with Crippen LogP contribution in [0.5, 0.6) is 5.75 Å². The normalized spacial score (nSPS) is 11.1. The number of amides is 1. The number of ether oxygens (including phenoxy) is 1. The lowest BCUT2D eigenvalue weighted by atomic mass is 10.1. The van der Waals surface area contributed by atoms with Crippen LogP contribution in [0.15, 0.2) is 61.2 Å². The molecule has 1 N–H and O–H groups in total. The van der Waals surface area contributed by atoms with Crippen LogP contribution in [0.3, 0.4) is 0 Å². The molecule has 4 nitrogen and oxygen atoms in total. The van der Waals surface area contributed by atoms with E-state index in [1.54, 1.807) is 42.5 Å². The number of hydrogen-bond acceptors (Lipinski definition) is 3. The number of nitrogens with zero attached hydrogens (tertiary/aromatic N) is 1. The smallest absolute Gasteiger partial charge is 0.251 e. The molecule has 0 spiro atoms. The van der Waals surface area contributed by atoms with Gasteiger partial charge in [-0.05, 0) is 48.9 Å². The fraction of sp³-hybridized carbons (Fsp3) is 0.158. The maximum absolute atomic E-state index is 12.3. The van der Waals surface area contributed by atoms with Gasteiger partial charge in [0.1, 0.15) is 12.4 Å². The van der Waals surface area contributed by atoms with Crippen molar-refractivity contribution in [2.75, 3.05) is 6.61 Å². The van der Waals surface area contributed by atoms with Crippen LogP contribution in [-0.2, 0) is 0 Å². The Labute approximate surface area is 136 Å². The van der Waals surface area contributed by atoms with Crippen molar-refractivity contribution in [3.63, 3.8) is 0 Å². The molecule has 0 saturated carbocycles. The monoisotopic (exact) mass is 306 g/mol. The zero-order chi connectivity index (χ0) is 16.7. The lowest BCUT2D eigenvalue weighted by molar-refractivity contribution is 0.0940. The van der Waals surface area contributed by atoms with Crippen molar-refractivity contribution < 1.29 is 9.53 Å². The van der Waals surface area contributed by atoms with Crippen LogP contribution >= 0.6 is 0 Å². The number of hydrogen-bond donors (Lipinski definition) is 1. The van der Waals surface area contributed by atoms with E-state index in [1.807, 2.05) is 19.1 Å². The molecule has 2 aromatic rings. The van der Waals surface area contributed by atoms with E-state index in [0.717, 1.165) is 5.56 Å². The fourth-order valence-corrected chi connectivity index (χ4v) is 2.07. The Morgan fingerprint density at radius 2 is 1.91 bits per heavy atom. The number of carbonyl (C=O) groups excluding carboxylic acids is 1. The molecule has 1 atom stereocenters. The number of rotatable bonds is 6. The molecule has 4 heteroatoms. The minimum Gasteiger partial charge on any atom is -0.490 e. The Kier molecular flexibility index (Phi) is 5.54. The maximum Gasteiger partial charge on any atom is 0.251 e. The van der Waals surface area contributed by atoms with Crippen molar-refractivity contribution in [2.24, 2.45) is 0 Å². The van der Waals surface area contributed by atoms with Crippen LogP contribution in [0.1, 0.15) is 34.5 Å². The van der Waals surface area contributed by atoms with Gasteiger partial charge in [0.05, 0.1) is 17.7 Å². The van der Waals surface area contributed by atoms with E-state index in [0.29, 0.717) is 23.5 Å². The first-order valence-corrected chi connectivity index (χ1v) is 7.28. The molecule has 0 bridgehead atoms. The van der Waals surface area contributed by atoms with Crippen LogP contribution in [-0.4, -0.2) is 12.5 Å². The average molecular weight is 306 g/mol. The first-order chi connectivity index (χ1) is 11.1. The molecule has 0 aliphatic carbocycles. The fourth-order valence-electron chi connectivity index (χ4n) is 2.07. The second-order valence-corrected chi connectivity index (χ2v) is 5.05. The Hall–Kier alpha value is -3.06. The molecule has 1 unspecified atom stereocenters. The van der Waals surface area contributed by atoms with Crippen LogP contribution in [0.2, 0.25) is 0 Å². The number of nitrogens with one attached hydrogen (secondary N) is 1. The summed E-state index contributed by atoms with van der Waals surface area (Å²) in [5, 5.41) is 11.7. The molecule has 0 aromatic heterocycles. The first kappa shape index (κ1) is 16.3. The predicted molar refractivity (Wildman–Crippen MR) is 89.2 cm³/mol. The average Bonchev–Trinajstić information content (AvgIpc) is 2.60. The molecule has 0 aliphatic heterocycles. The van der Waals surface area contributed by atoms with Gasteiger partial charge in [-0.15, -0.1) is 0 Å². The van der Waals surface area contributed by atoms with E-state index in [2.05, 4.69) is 18.0 Å². The molecule has 2 aromatic carbocycles. The van der Waals surface area contributed by atoms with E-state index in [4.69, 9.17) is 10.00 Å². The number of nitriles is 1. The summed E-state index contributed by atoms with van der Waals surface area (Å²) < 4.78 is 5.39. The minimum absolute atomic E-state index is 0.146. The highest BCUT2D eigenvalue weighted by molar-refractivity contribution is 5.94. The zero-order valence-electron chi connectivity index (χ0n) is 13.0. The highest BCUT2D eigenvalue weighted by Gasteiger charge is 2.11. The summed E-state index contributed by atoms with van der Waals surface area (Å²) in [5.41, 5.74) is 2.11. The lowest BCUT2D eigenvalue weighted by Crippen LogP contribution is -2.26. The van der Waals surface area contributed by atoms with E-state index in [-0.39, 0.29) is 11.9 Å². The van der Waals surface area contributed by atoms with Crippen molar-refractivity contribution in [2.45, 2.75) is 13.0 Å². The van der Waals surface area contributed by atoms with Gasteiger partial charge in [-0.2, -0.15) is 5.26 Å². The lowest BCUT2D eigenvalue weighted by Gasteiger charge is -2.14. The Balaban J connectivity index is 1.99. The molecular formula is C19H18N2O2. The summed E-state index contributed by atoms with van der Waals surface area (Å²) in [6.45, 7) is 5.92. The van der Waals surface area contributed by atoms with Gasteiger partial charge >= 0.3 is 0 Å². The molecule has 0 radical (unpaired) electrons. The highest BCUT2D eigenvalue weighted by Crippen LogP contribution is 2.16. The van der Waals surface area contributed by atoms with Crippen molar-refractivity contribution in [3.8, 4) is 11.8 Å². The van der Waals surface area contributed by atoms with Gasteiger partial charge in [-0.1, -0.05) is 24.8 Å². The molecule has 0 fully saturated rings. The zero-order valence-corrected chi connectivity index (χ0v) is 13.0. The van der Waals surface area contributed by atoms with Gasteiger partial charge < -0.3 is 10.1 Å². The standard InChI is InChI=1S/C19H18N2O2/c1-3-12-23-18-10-8-17(9-11-18)19(22)21-14(2)16-6-4-15(13-20)5-7-16/h3-11,14H,1,12H2,2H3,(H,21,22). The second-order valence-electron chi connectivity index (χ2n) is 5.05. The van der Waals surface area contributed by atoms with Crippen molar-refractivity contribution in [1.29, 1.82) is 5.26 Å². The van der Waals surface area contributed by atoms with E-state index in [1.165, 1.54) is 0 Å². The summed E-state index contributed by atoms with van der Waals surface area (Å²) in [6, 6.07) is 16.0. The summed E-state index contributed by atoms with van der Waals surface area (Å²) in [4.78, 5) is 12.3. The molecular weight excluding hydrogens is 288 g/mol. The third-order valence-electron chi connectivity index (χ3n) is 3.37. The third kappa shape index (κ3) is 4.45. The van der Waals surface area contributed by atoms with E-state index >= 15 is 0 Å². The summed E-state index contributed by atoms with van der Waals surface area (Å²) in [6.07, 6.45) is 1.67. The molecule has 0 saturated heterocycles. The SMILES string of the molecule is C=CCOc1ccc(C(=O)NC(C)c2ccc(C#N)cc2)cc1. The molecule has 116 valence electrons. The highest BCUT2D eigenvalue weighted by atomic mass is 16.5. The second kappa shape index (κ2) is 7.81. The van der Waals surface area contributed by atoms with Gasteiger partial charge in [-0.25, -0.2) is 0 Å². The Morgan fingerprint density at radius 1 is 1.26 bits per heavy atom. The third-order valence-corrected chi connectivity index (χ3v) is 3.37. The number of benzene rings is 2. The van der Waals surface area contributed by atoms with Crippen LogP contribution in [0, 0.1) is 11.3 Å². The van der Waals surface area contributed by atoms with Crippen LogP contribution in [0.4, 0.5) is 0 Å². The maximum atomic E-state index is 12.3. The van der Waals surface area contributed by atoms with Crippen LogP contribution < -0.4 is 10.1 Å². The molecule has 1 amide bonds. The summed E-state index contributed by atoms with van der Waals surface area (Å²) in [5.74, 6) is 0.540. The van der Waals surface area contributed by atoms with Gasteiger partial charge in [0.15, 0.2) is 0 Å². The van der Waals surface area contributed by atoms with Crippen LogP contribution in [0.25, 0.3) is 0 Å². The van der Waals surface area contributed by atoms with Crippen molar-refractivity contribution in [3.05, 3.63) is 77.9 Å². The van der Waals surface area contributed by atoms with Gasteiger partial charge in [0.2, 0.25) is 0 Å². The first-order valence-electron chi connectivity index (χ1n) is 7.28. The molecule has 0 aliphatic rings. The largest absolute Gasteiger partial charge is 0.490 e. The van der Waals surface area contributed by atoms with Crippen molar-refractivity contribution >= 4 is 5.91 Å². The van der Waals surface area contributed by atoms with Gasteiger partial charge in [-0.3, -0.25) is 4.79 Å². The number of carbonyl (C=O) groups is 1. The Bertz CT molecular complexity index is 713. The van der Waals surface area contributed by atoms with Crippen molar-refractivity contribution in [1.82, 2.24) is 5.32 Å². The van der Waals surface area contributed by atoms with Gasteiger partial charge in [0.25, 0.3) is 5.91 Å². The van der Waals surface area contributed by atoms with Gasteiger partial charge in [0, 0.05) is 5.56 Å². The summed E-state index contributed by atoms with van der Waals surface area (Å²) >= 11 is 0. The molecule has 0 heterocycles. The summed E-state index contributed by atoms with van der Waals surface area (Å²) in [7, 11) is 0. The predicted octanol–water partition coefficient (Wildman–Crippen LogP) is 3.61. The minimum atomic E-state index is -0.155. The van der Waals surface area contributed by atoms with E-state index in [9.17, 15) is 4.79 Å². The van der Waals surface area contributed by atoms with E-state index < -0.39 is 0 Å².